The molecule has 0 aromatic carbocycles. The quantitative estimate of drug-likeness (QED) is 0.520. The number of halogens is 1. The Bertz CT molecular complexity index is 405. The highest BCUT2D eigenvalue weighted by Gasteiger charge is 2.04. The molecule has 0 aliphatic rings. The van der Waals surface area contributed by atoms with E-state index in [9.17, 15) is 9.59 Å². The second-order valence-electron chi connectivity index (χ2n) is 2.19. The van der Waals surface area contributed by atoms with Crippen LogP contribution in [0.15, 0.2) is 22.2 Å². The van der Waals surface area contributed by atoms with Gasteiger partial charge in [0.05, 0.1) is 5.56 Å². The molecule has 1 aromatic heterocycles. The highest BCUT2D eigenvalue weighted by Crippen LogP contribution is 2.05. The Kier molecular flexibility index (Phi) is 2.50. The van der Waals surface area contributed by atoms with Gasteiger partial charge in [-0.3, -0.25) is 14.8 Å². The van der Waals surface area contributed by atoms with E-state index in [1.165, 1.54) is 6.08 Å². The van der Waals surface area contributed by atoms with Gasteiger partial charge in [0.25, 0.3) is 5.56 Å². The van der Waals surface area contributed by atoms with E-state index >= 15 is 0 Å². The third-order valence-corrected chi connectivity index (χ3v) is 1.66. The summed E-state index contributed by atoms with van der Waals surface area (Å²) < 4.78 is 0. The van der Waals surface area contributed by atoms with Crippen molar-refractivity contribution in [3.05, 3.63) is 44.2 Å². The Morgan fingerprint density at radius 2 is 2.08 bits per heavy atom. The van der Waals surface area contributed by atoms with Gasteiger partial charge in [-0.05, 0) is 6.42 Å². The van der Waals surface area contributed by atoms with Crippen LogP contribution in [0.5, 0.6) is 0 Å². The Balaban J connectivity index is 3.38. The third-order valence-electron chi connectivity index (χ3n) is 1.34. The molecule has 0 aliphatic heterocycles. The summed E-state index contributed by atoms with van der Waals surface area (Å²) in [5, 5.41) is 0.0728. The molecule has 0 saturated carbocycles. The normalized spacial score (nSPS) is 9.75. The van der Waals surface area contributed by atoms with Crippen LogP contribution in [0.1, 0.15) is 5.56 Å². The molecule has 0 saturated heterocycles. The molecule has 1 aromatic rings. The van der Waals surface area contributed by atoms with Crippen LogP contribution < -0.4 is 11.2 Å². The van der Waals surface area contributed by atoms with Crippen molar-refractivity contribution in [3.8, 4) is 0 Å². The zero-order valence-corrected chi connectivity index (χ0v) is 6.94. The number of aromatic nitrogens is 2. The molecular formula is C7H7ClN2O2. The number of allylic oxidation sites excluding steroid dienone is 1. The van der Waals surface area contributed by atoms with Gasteiger partial charge in [0, 0.05) is 0 Å². The molecule has 1 heterocycles. The highest BCUT2D eigenvalue weighted by atomic mass is 35.5. The molecule has 0 amide bonds. The number of rotatable bonds is 2. The highest BCUT2D eigenvalue weighted by molar-refractivity contribution is 6.30. The molecule has 2 N–H and O–H groups in total. The molecule has 12 heavy (non-hydrogen) atoms. The topological polar surface area (TPSA) is 65.7 Å². The first kappa shape index (κ1) is 8.80. The first-order valence-corrected chi connectivity index (χ1v) is 3.65. The predicted octanol–water partition coefficient (Wildman–Crippen LogP) is 0.445. The molecular weight excluding hydrogens is 180 g/mol. The molecule has 0 spiro atoms. The van der Waals surface area contributed by atoms with Crippen LogP contribution in [-0.2, 0) is 6.42 Å². The fraction of sp³-hybridized carbons (Fsp3) is 0.143. The average Bonchev–Trinajstić information content (AvgIpc) is 1.96. The summed E-state index contributed by atoms with van der Waals surface area (Å²) >= 11 is 5.59. The summed E-state index contributed by atoms with van der Waals surface area (Å²) in [5.41, 5.74) is -0.743. The van der Waals surface area contributed by atoms with E-state index in [0.717, 1.165) is 0 Å². The van der Waals surface area contributed by atoms with Gasteiger partial charge < -0.3 is 0 Å². The fourth-order valence-corrected chi connectivity index (χ4v) is 1.06. The molecule has 64 valence electrons. The number of nitrogens with one attached hydrogen (secondary N) is 2. The van der Waals surface area contributed by atoms with E-state index in [1.54, 1.807) is 0 Å². The third kappa shape index (κ3) is 1.65. The Morgan fingerprint density at radius 1 is 1.42 bits per heavy atom. The summed E-state index contributed by atoms with van der Waals surface area (Å²) in [4.78, 5) is 26.0. The minimum atomic E-state index is -0.599. The van der Waals surface area contributed by atoms with E-state index < -0.39 is 11.2 Å². The van der Waals surface area contributed by atoms with Crippen molar-refractivity contribution in [2.75, 3.05) is 0 Å². The molecule has 0 atom stereocenters. The van der Waals surface area contributed by atoms with Crippen LogP contribution >= 0.6 is 11.6 Å². The van der Waals surface area contributed by atoms with Crippen molar-refractivity contribution < 1.29 is 0 Å². The number of H-pyrrole nitrogens is 2. The summed E-state index contributed by atoms with van der Waals surface area (Å²) in [6.45, 7) is 3.46. The fourth-order valence-electron chi connectivity index (χ4n) is 0.811. The van der Waals surface area contributed by atoms with Crippen LogP contribution in [0, 0.1) is 0 Å². The second kappa shape index (κ2) is 3.40. The van der Waals surface area contributed by atoms with Gasteiger partial charge in [0.15, 0.2) is 0 Å². The van der Waals surface area contributed by atoms with Crippen LogP contribution in [0.25, 0.3) is 0 Å². The first-order valence-electron chi connectivity index (χ1n) is 3.27. The minimum Gasteiger partial charge on any atom is -0.297 e. The molecule has 0 fully saturated rings. The molecule has 0 bridgehead atoms. The SMILES string of the molecule is C=CCc1c(Cl)[nH]c(=O)[nH]c1=O. The number of hydrogen-bond donors (Lipinski definition) is 2. The number of hydrogen-bond acceptors (Lipinski definition) is 2. The largest absolute Gasteiger partial charge is 0.326 e. The van der Waals surface area contributed by atoms with E-state index in [2.05, 4.69) is 16.5 Å². The molecule has 5 heteroatoms. The van der Waals surface area contributed by atoms with Crippen molar-refractivity contribution in [2.45, 2.75) is 6.42 Å². The average molecular weight is 187 g/mol. The monoisotopic (exact) mass is 186 g/mol. The molecule has 0 unspecified atom stereocenters. The zero-order valence-electron chi connectivity index (χ0n) is 6.19. The van der Waals surface area contributed by atoms with E-state index in [4.69, 9.17) is 11.6 Å². The van der Waals surface area contributed by atoms with Crippen molar-refractivity contribution in [1.82, 2.24) is 9.97 Å². The molecule has 4 nitrogen and oxygen atoms in total. The molecule has 0 aliphatic carbocycles. The van der Waals surface area contributed by atoms with Gasteiger partial charge in [-0.15, -0.1) is 6.58 Å². The van der Waals surface area contributed by atoms with Crippen LogP contribution in [0.4, 0.5) is 0 Å². The van der Waals surface area contributed by atoms with Crippen LogP contribution in [-0.4, -0.2) is 9.97 Å². The lowest BCUT2D eigenvalue weighted by Gasteiger charge is -1.96. The van der Waals surface area contributed by atoms with Gasteiger partial charge in [-0.2, -0.15) is 0 Å². The summed E-state index contributed by atoms with van der Waals surface area (Å²) in [5.74, 6) is 0. The maximum absolute atomic E-state index is 11.0. The molecule has 0 radical (unpaired) electrons. The van der Waals surface area contributed by atoms with Crippen LogP contribution in [0.2, 0.25) is 5.15 Å². The van der Waals surface area contributed by atoms with Crippen LogP contribution in [0.3, 0.4) is 0 Å². The van der Waals surface area contributed by atoms with E-state index in [-0.39, 0.29) is 5.15 Å². The Morgan fingerprint density at radius 3 is 2.58 bits per heavy atom. The standard InChI is InChI=1S/C7H7ClN2O2/c1-2-3-4-5(8)9-7(12)10-6(4)11/h2H,1,3H2,(H2,9,10,11,12). The van der Waals surface area contributed by atoms with Gasteiger partial charge in [-0.25, -0.2) is 4.79 Å². The smallest absolute Gasteiger partial charge is 0.297 e. The van der Waals surface area contributed by atoms with Gasteiger partial charge in [-0.1, -0.05) is 17.7 Å². The minimum absolute atomic E-state index is 0.0728. The summed E-state index contributed by atoms with van der Waals surface area (Å²) in [7, 11) is 0. The van der Waals surface area contributed by atoms with E-state index in [1.807, 2.05) is 0 Å². The number of aromatic amines is 2. The first-order chi connectivity index (χ1) is 5.65. The second-order valence-corrected chi connectivity index (χ2v) is 2.57. The molecule has 1 rings (SSSR count). The van der Waals surface area contributed by atoms with Gasteiger partial charge >= 0.3 is 5.69 Å². The maximum atomic E-state index is 11.0. The predicted molar refractivity (Wildman–Crippen MR) is 46.6 cm³/mol. The Hall–Kier alpha value is -1.29. The lowest BCUT2D eigenvalue weighted by molar-refractivity contribution is 0.986. The lowest BCUT2D eigenvalue weighted by atomic mass is 10.2. The van der Waals surface area contributed by atoms with Crippen molar-refractivity contribution in [1.29, 1.82) is 0 Å². The lowest BCUT2D eigenvalue weighted by Crippen LogP contribution is -2.25. The summed E-state index contributed by atoms with van der Waals surface area (Å²) in [6, 6.07) is 0. The van der Waals surface area contributed by atoms with Crippen molar-refractivity contribution in [3.63, 3.8) is 0 Å². The van der Waals surface area contributed by atoms with Gasteiger partial charge in [0.2, 0.25) is 0 Å². The van der Waals surface area contributed by atoms with Gasteiger partial charge in [0.1, 0.15) is 5.15 Å². The van der Waals surface area contributed by atoms with E-state index in [0.29, 0.717) is 12.0 Å². The van der Waals surface area contributed by atoms with Crippen molar-refractivity contribution in [2.24, 2.45) is 0 Å². The maximum Gasteiger partial charge on any atom is 0.326 e. The Labute approximate surface area is 72.9 Å². The zero-order chi connectivity index (χ0) is 9.14. The van der Waals surface area contributed by atoms with Crippen molar-refractivity contribution >= 4 is 11.6 Å². The summed E-state index contributed by atoms with van der Waals surface area (Å²) in [6.07, 6.45) is 1.87.